The second-order valence-corrected chi connectivity index (χ2v) is 4.25. The smallest absolute Gasteiger partial charge is 0.343 e. The lowest BCUT2D eigenvalue weighted by Crippen LogP contribution is -2.10. The molecule has 0 amide bonds. The van der Waals surface area contributed by atoms with E-state index in [1.165, 1.54) is 24.4 Å². The van der Waals surface area contributed by atoms with Gasteiger partial charge in [0.25, 0.3) is 0 Å². The number of hydrogen-bond acceptors (Lipinski definition) is 5. The fourth-order valence-electron chi connectivity index (χ4n) is 1.54. The fourth-order valence-corrected chi connectivity index (χ4v) is 1.72. The van der Waals surface area contributed by atoms with E-state index in [0.29, 0.717) is 5.56 Å². The van der Waals surface area contributed by atoms with Gasteiger partial charge in [0.1, 0.15) is 17.2 Å². The molecule has 0 aliphatic rings. The SMILES string of the molecule is CCOC(=O)c1cnc(-c2ccc(F)c(Cl)c2)nc1N. The summed E-state index contributed by atoms with van der Waals surface area (Å²) in [6.45, 7) is 1.91. The molecule has 104 valence electrons. The largest absolute Gasteiger partial charge is 0.462 e. The number of benzene rings is 1. The van der Waals surface area contributed by atoms with Crippen molar-refractivity contribution in [3.8, 4) is 11.4 Å². The number of halogens is 2. The molecule has 0 bridgehead atoms. The van der Waals surface area contributed by atoms with E-state index in [2.05, 4.69) is 9.97 Å². The van der Waals surface area contributed by atoms with Crippen LogP contribution < -0.4 is 5.73 Å². The van der Waals surface area contributed by atoms with Gasteiger partial charge in [-0.3, -0.25) is 0 Å². The van der Waals surface area contributed by atoms with Gasteiger partial charge in [0.15, 0.2) is 5.82 Å². The van der Waals surface area contributed by atoms with Gasteiger partial charge in [0.2, 0.25) is 0 Å². The lowest BCUT2D eigenvalue weighted by atomic mass is 10.2. The molecule has 0 radical (unpaired) electrons. The van der Waals surface area contributed by atoms with Crippen molar-refractivity contribution in [2.24, 2.45) is 0 Å². The molecule has 7 heteroatoms. The molecule has 5 nitrogen and oxygen atoms in total. The van der Waals surface area contributed by atoms with E-state index >= 15 is 0 Å². The summed E-state index contributed by atoms with van der Waals surface area (Å²) in [5.41, 5.74) is 6.28. The van der Waals surface area contributed by atoms with Gasteiger partial charge in [-0.1, -0.05) is 11.6 Å². The van der Waals surface area contributed by atoms with Crippen LogP contribution >= 0.6 is 11.6 Å². The van der Waals surface area contributed by atoms with Crippen LogP contribution in [0.5, 0.6) is 0 Å². The van der Waals surface area contributed by atoms with Crippen LogP contribution in [-0.2, 0) is 4.74 Å². The maximum atomic E-state index is 13.1. The molecular weight excluding hydrogens is 285 g/mol. The molecule has 0 saturated carbocycles. The summed E-state index contributed by atoms with van der Waals surface area (Å²) in [4.78, 5) is 19.6. The Morgan fingerprint density at radius 1 is 1.50 bits per heavy atom. The Morgan fingerprint density at radius 3 is 2.85 bits per heavy atom. The summed E-state index contributed by atoms with van der Waals surface area (Å²) >= 11 is 5.69. The number of nitrogens with two attached hydrogens (primary N) is 1. The highest BCUT2D eigenvalue weighted by atomic mass is 35.5. The standard InChI is InChI=1S/C13H11ClFN3O2/c1-2-20-13(19)8-6-17-12(18-11(8)16)7-3-4-10(15)9(14)5-7/h3-6H,2H2,1H3,(H2,16,17,18). The minimum Gasteiger partial charge on any atom is -0.462 e. The number of carbonyl (C=O) groups excluding carboxylic acids is 1. The third-order valence-corrected chi connectivity index (χ3v) is 2.78. The lowest BCUT2D eigenvalue weighted by molar-refractivity contribution is 0.0527. The number of nitrogen functional groups attached to an aromatic ring is 1. The molecule has 0 atom stereocenters. The maximum absolute atomic E-state index is 13.1. The fraction of sp³-hybridized carbons (Fsp3) is 0.154. The first-order chi connectivity index (χ1) is 9.52. The second-order valence-electron chi connectivity index (χ2n) is 3.84. The molecule has 1 heterocycles. The summed E-state index contributed by atoms with van der Waals surface area (Å²) in [5, 5.41) is -0.0425. The molecule has 0 saturated heterocycles. The van der Waals surface area contributed by atoms with Gasteiger partial charge in [-0.15, -0.1) is 0 Å². The topological polar surface area (TPSA) is 78.1 Å². The van der Waals surface area contributed by atoms with Crippen LogP contribution in [0.1, 0.15) is 17.3 Å². The van der Waals surface area contributed by atoms with Gasteiger partial charge in [0, 0.05) is 11.8 Å². The number of rotatable bonds is 3. The van der Waals surface area contributed by atoms with E-state index in [1.807, 2.05) is 0 Å². The Kier molecular flexibility index (Phi) is 4.14. The average molecular weight is 296 g/mol. The summed E-state index contributed by atoms with van der Waals surface area (Å²) in [7, 11) is 0. The summed E-state index contributed by atoms with van der Waals surface area (Å²) in [6.07, 6.45) is 1.27. The number of esters is 1. The molecule has 0 aliphatic carbocycles. The van der Waals surface area contributed by atoms with Gasteiger partial charge in [0.05, 0.1) is 11.6 Å². The number of nitrogens with zero attached hydrogens (tertiary/aromatic N) is 2. The maximum Gasteiger partial charge on any atom is 0.343 e. The van der Waals surface area contributed by atoms with Crippen molar-refractivity contribution in [3.05, 3.63) is 40.8 Å². The highest BCUT2D eigenvalue weighted by molar-refractivity contribution is 6.31. The number of aromatic nitrogens is 2. The van der Waals surface area contributed by atoms with Gasteiger partial charge in [-0.2, -0.15) is 0 Å². The third-order valence-electron chi connectivity index (χ3n) is 2.49. The van der Waals surface area contributed by atoms with E-state index in [0.717, 1.165) is 0 Å². The van der Waals surface area contributed by atoms with Gasteiger partial charge >= 0.3 is 5.97 Å². The second kappa shape index (κ2) is 5.83. The molecule has 0 unspecified atom stereocenters. The van der Waals surface area contributed by atoms with Crippen molar-refractivity contribution in [1.82, 2.24) is 9.97 Å². The van der Waals surface area contributed by atoms with Crippen LogP contribution in [0.25, 0.3) is 11.4 Å². The Labute approximate surface area is 119 Å². The van der Waals surface area contributed by atoms with Crippen molar-refractivity contribution in [1.29, 1.82) is 0 Å². The van der Waals surface area contributed by atoms with Gasteiger partial charge < -0.3 is 10.5 Å². The Bertz CT molecular complexity index is 664. The van der Waals surface area contributed by atoms with Crippen LogP contribution in [0.4, 0.5) is 10.2 Å². The molecule has 2 N–H and O–H groups in total. The van der Waals surface area contributed by atoms with Gasteiger partial charge in [-0.25, -0.2) is 19.2 Å². The molecule has 20 heavy (non-hydrogen) atoms. The molecule has 1 aromatic heterocycles. The summed E-state index contributed by atoms with van der Waals surface area (Å²) < 4.78 is 17.9. The highest BCUT2D eigenvalue weighted by Crippen LogP contribution is 2.23. The summed E-state index contributed by atoms with van der Waals surface area (Å²) in [6, 6.07) is 4.06. The minimum atomic E-state index is -0.589. The minimum absolute atomic E-state index is 0.00565. The molecule has 0 aliphatic heterocycles. The number of hydrogen-bond donors (Lipinski definition) is 1. The van der Waals surface area contributed by atoms with Crippen molar-refractivity contribution in [2.45, 2.75) is 6.92 Å². The number of ether oxygens (including phenoxy) is 1. The predicted octanol–water partition coefficient (Wildman–Crippen LogP) is 2.70. The van der Waals surface area contributed by atoms with Crippen molar-refractivity contribution < 1.29 is 13.9 Å². The first-order valence-electron chi connectivity index (χ1n) is 5.78. The van der Waals surface area contributed by atoms with Crippen LogP contribution in [0.3, 0.4) is 0 Å². The van der Waals surface area contributed by atoms with Crippen molar-refractivity contribution >= 4 is 23.4 Å². The zero-order valence-electron chi connectivity index (χ0n) is 10.6. The van der Waals surface area contributed by atoms with Crippen LogP contribution in [0.15, 0.2) is 24.4 Å². The normalized spacial score (nSPS) is 10.3. The molecule has 0 fully saturated rings. The molecule has 2 aromatic rings. The van der Waals surface area contributed by atoms with Crippen molar-refractivity contribution in [2.75, 3.05) is 12.3 Å². The number of anilines is 1. The van der Waals surface area contributed by atoms with E-state index < -0.39 is 11.8 Å². The van der Waals surface area contributed by atoms with E-state index in [9.17, 15) is 9.18 Å². The van der Waals surface area contributed by atoms with E-state index in [4.69, 9.17) is 22.1 Å². The third kappa shape index (κ3) is 2.85. The molecule has 1 aromatic carbocycles. The Balaban J connectivity index is 2.37. The zero-order valence-corrected chi connectivity index (χ0v) is 11.3. The van der Waals surface area contributed by atoms with Crippen LogP contribution in [-0.4, -0.2) is 22.5 Å². The van der Waals surface area contributed by atoms with Crippen molar-refractivity contribution in [3.63, 3.8) is 0 Å². The van der Waals surface area contributed by atoms with Crippen LogP contribution in [0.2, 0.25) is 5.02 Å². The van der Waals surface area contributed by atoms with E-state index in [-0.39, 0.29) is 28.8 Å². The highest BCUT2D eigenvalue weighted by Gasteiger charge is 2.14. The zero-order chi connectivity index (χ0) is 14.7. The predicted molar refractivity (Wildman–Crippen MR) is 72.8 cm³/mol. The quantitative estimate of drug-likeness (QED) is 0.881. The Hall–Kier alpha value is -2.21. The van der Waals surface area contributed by atoms with Crippen LogP contribution in [0, 0.1) is 5.82 Å². The van der Waals surface area contributed by atoms with Gasteiger partial charge in [-0.05, 0) is 25.1 Å². The first kappa shape index (κ1) is 14.2. The lowest BCUT2D eigenvalue weighted by Gasteiger charge is -2.06. The number of carbonyl (C=O) groups is 1. The molecule has 0 spiro atoms. The molecular formula is C13H11ClFN3O2. The monoisotopic (exact) mass is 295 g/mol. The Morgan fingerprint density at radius 2 is 2.25 bits per heavy atom. The first-order valence-corrected chi connectivity index (χ1v) is 6.15. The molecule has 2 rings (SSSR count). The summed E-state index contributed by atoms with van der Waals surface area (Å²) in [5.74, 6) is -0.883. The van der Waals surface area contributed by atoms with E-state index in [1.54, 1.807) is 6.92 Å². The average Bonchev–Trinajstić information content (AvgIpc) is 2.42.